The van der Waals surface area contributed by atoms with Crippen molar-refractivity contribution in [2.45, 2.75) is 12.8 Å². The van der Waals surface area contributed by atoms with E-state index in [1.165, 1.54) is 4.90 Å². The number of piperidine rings is 1. The van der Waals surface area contributed by atoms with Gasteiger partial charge in [-0.15, -0.1) is 0 Å². The summed E-state index contributed by atoms with van der Waals surface area (Å²) in [5, 5.41) is 5.63. The average molecular weight is 425 g/mol. The van der Waals surface area contributed by atoms with Crippen molar-refractivity contribution in [1.29, 1.82) is 0 Å². The van der Waals surface area contributed by atoms with Crippen molar-refractivity contribution in [3.05, 3.63) is 54.6 Å². The summed E-state index contributed by atoms with van der Waals surface area (Å²) in [6, 6.07) is 16.0. The van der Waals surface area contributed by atoms with Gasteiger partial charge in [0, 0.05) is 37.6 Å². The third-order valence-corrected chi connectivity index (χ3v) is 5.19. The number of likely N-dealkylation sites (N-methyl/N-ethyl adjacent to an activating group) is 1. The molecule has 8 nitrogen and oxygen atoms in total. The van der Waals surface area contributed by atoms with E-state index in [0.29, 0.717) is 36.6 Å². The van der Waals surface area contributed by atoms with Gasteiger partial charge in [0.15, 0.2) is 0 Å². The number of rotatable bonds is 6. The summed E-state index contributed by atoms with van der Waals surface area (Å²) in [5.41, 5.74) is 1.32. The number of carbonyl (C=O) groups is 3. The van der Waals surface area contributed by atoms with Crippen LogP contribution < -0.4 is 15.4 Å². The molecule has 1 heterocycles. The standard InChI is InChI=1S/C23H28N4O4/c1-26(16-21(28)24-19-11-6-12-20(14-19)31-2)22(29)17-8-7-13-27(15-17)23(30)25-18-9-4-3-5-10-18/h3-6,9-12,14,17H,7-8,13,15-16H2,1-2H3,(H,24,28)(H,25,30)/t17-/m1/s1. The third-order valence-electron chi connectivity index (χ3n) is 5.19. The molecule has 8 heteroatoms. The Morgan fingerprint density at radius 1 is 1.06 bits per heavy atom. The Balaban J connectivity index is 1.52. The molecule has 0 spiro atoms. The number of urea groups is 1. The number of nitrogens with one attached hydrogen (secondary N) is 2. The van der Waals surface area contributed by atoms with Crippen molar-refractivity contribution < 1.29 is 19.1 Å². The van der Waals surface area contributed by atoms with E-state index in [2.05, 4.69) is 10.6 Å². The fourth-order valence-corrected chi connectivity index (χ4v) is 3.59. The van der Waals surface area contributed by atoms with Crippen molar-refractivity contribution in [2.24, 2.45) is 5.92 Å². The van der Waals surface area contributed by atoms with E-state index in [-0.39, 0.29) is 30.3 Å². The van der Waals surface area contributed by atoms with Crippen molar-refractivity contribution in [1.82, 2.24) is 9.80 Å². The number of hydrogen-bond donors (Lipinski definition) is 2. The molecule has 0 saturated carbocycles. The lowest BCUT2D eigenvalue weighted by Crippen LogP contribution is -2.48. The zero-order chi connectivity index (χ0) is 22.2. The Morgan fingerprint density at radius 3 is 2.55 bits per heavy atom. The molecule has 0 radical (unpaired) electrons. The molecule has 31 heavy (non-hydrogen) atoms. The highest BCUT2D eigenvalue weighted by Gasteiger charge is 2.30. The largest absolute Gasteiger partial charge is 0.497 e. The molecule has 3 rings (SSSR count). The number of anilines is 2. The van der Waals surface area contributed by atoms with E-state index in [1.807, 2.05) is 30.3 Å². The topological polar surface area (TPSA) is 91.0 Å². The second-order valence-corrected chi connectivity index (χ2v) is 7.56. The van der Waals surface area contributed by atoms with Crippen LogP contribution in [-0.4, -0.2) is 61.4 Å². The van der Waals surface area contributed by atoms with Crippen LogP contribution in [0.25, 0.3) is 0 Å². The predicted octanol–water partition coefficient (Wildman–Crippen LogP) is 3.04. The minimum Gasteiger partial charge on any atom is -0.497 e. The minimum atomic E-state index is -0.329. The van der Waals surface area contributed by atoms with Gasteiger partial charge < -0.3 is 25.2 Å². The first-order valence-electron chi connectivity index (χ1n) is 10.3. The molecule has 2 aromatic rings. The summed E-state index contributed by atoms with van der Waals surface area (Å²) in [6.07, 6.45) is 1.43. The second-order valence-electron chi connectivity index (χ2n) is 7.56. The second kappa shape index (κ2) is 10.5. The van der Waals surface area contributed by atoms with Crippen LogP contribution in [0.1, 0.15) is 12.8 Å². The Labute approximate surface area is 182 Å². The summed E-state index contributed by atoms with van der Waals surface area (Å²) < 4.78 is 5.15. The fourth-order valence-electron chi connectivity index (χ4n) is 3.59. The molecule has 2 aromatic carbocycles. The molecule has 1 fully saturated rings. The monoisotopic (exact) mass is 424 g/mol. The quantitative estimate of drug-likeness (QED) is 0.746. The van der Waals surface area contributed by atoms with Gasteiger partial charge in [0.2, 0.25) is 11.8 Å². The summed E-state index contributed by atoms with van der Waals surface area (Å²) in [7, 11) is 3.16. The van der Waals surface area contributed by atoms with Gasteiger partial charge in [-0.1, -0.05) is 24.3 Å². The number of methoxy groups -OCH3 is 1. The van der Waals surface area contributed by atoms with Gasteiger partial charge in [0.1, 0.15) is 5.75 Å². The van der Waals surface area contributed by atoms with Gasteiger partial charge in [-0.05, 0) is 37.1 Å². The Bertz CT molecular complexity index is 919. The molecule has 0 unspecified atom stereocenters. The Hall–Kier alpha value is -3.55. The highest BCUT2D eigenvalue weighted by atomic mass is 16.5. The van der Waals surface area contributed by atoms with Gasteiger partial charge in [0.05, 0.1) is 19.6 Å². The third kappa shape index (κ3) is 6.21. The lowest BCUT2D eigenvalue weighted by Gasteiger charge is -2.33. The normalized spacial score (nSPS) is 15.7. The van der Waals surface area contributed by atoms with Gasteiger partial charge >= 0.3 is 6.03 Å². The molecule has 0 aromatic heterocycles. The van der Waals surface area contributed by atoms with Crippen LogP contribution >= 0.6 is 0 Å². The number of ether oxygens (including phenoxy) is 1. The summed E-state index contributed by atoms with van der Waals surface area (Å²) >= 11 is 0. The smallest absolute Gasteiger partial charge is 0.321 e. The number of amides is 4. The molecular formula is C23H28N4O4. The van der Waals surface area contributed by atoms with Gasteiger partial charge in [-0.2, -0.15) is 0 Å². The average Bonchev–Trinajstić information content (AvgIpc) is 2.79. The SMILES string of the molecule is COc1cccc(NC(=O)CN(C)C(=O)[C@@H]2CCCN(C(=O)Nc3ccccc3)C2)c1. The molecule has 1 saturated heterocycles. The predicted molar refractivity (Wildman–Crippen MR) is 119 cm³/mol. The molecule has 0 bridgehead atoms. The van der Waals surface area contributed by atoms with Crippen molar-refractivity contribution in [3.8, 4) is 5.75 Å². The first-order chi connectivity index (χ1) is 15.0. The van der Waals surface area contributed by atoms with Crippen LogP contribution in [0.15, 0.2) is 54.6 Å². The molecule has 2 N–H and O–H groups in total. The molecule has 1 aliphatic heterocycles. The van der Waals surface area contributed by atoms with E-state index in [1.54, 1.807) is 43.3 Å². The van der Waals surface area contributed by atoms with Gasteiger partial charge in [-0.25, -0.2) is 4.79 Å². The van der Waals surface area contributed by atoms with E-state index >= 15 is 0 Å². The lowest BCUT2D eigenvalue weighted by atomic mass is 9.97. The Kier molecular flexibility index (Phi) is 7.48. The van der Waals surface area contributed by atoms with Crippen LogP contribution in [0.2, 0.25) is 0 Å². The van der Waals surface area contributed by atoms with Crippen LogP contribution in [-0.2, 0) is 9.59 Å². The number of carbonyl (C=O) groups excluding carboxylic acids is 3. The van der Waals surface area contributed by atoms with Crippen molar-refractivity contribution in [3.63, 3.8) is 0 Å². The van der Waals surface area contributed by atoms with Crippen molar-refractivity contribution in [2.75, 3.05) is 44.4 Å². The van der Waals surface area contributed by atoms with E-state index in [4.69, 9.17) is 4.74 Å². The summed E-state index contributed by atoms with van der Waals surface area (Å²) in [6.45, 7) is 0.866. The van der Waals surface area contributed by atoms with Crippen LogP contribution in [0.5, 0.6) is 5.75 Å². The zero-order valence-electron chi connectivity index (χ0n) is 17.8. The van der Waals surface area contributed by atoms with Gasteiger partial charge in [0.25, 0.3) is 0 Å². The number of hydrogen-bond acceptors (Lipinski definition) is 4. The maximum atomic E-state index is 12.9. The molecular weight excluding hydrogens is 396 g/mol. The lowest BCUT2D eigenvalue weighted by molar-refractivity contribution is -0.138. The molecule has 1 atom stereocenters. The van der Waals surface area contributed by atoms with Gasteiger partial charge in [-0.3, -0.25) is 9.59 Å². The molecule has 0 aliphatic carbocycles. The van der Waals surface area contributed by atoms with Crippen LogP contribution in [0, 0.1) is 5.92 Å². The van der Waals surface area contributed by atoms with Crippen LogP contribution in [0.4, 0.5) is 16.2 Å². The molecule has 164 valence electrons. The highest BCUT2D eigenvalue weighted by molar-refractivity contribution is 5.95. The maximum Gasteiger partial charge on any atom is 0.321 e. The van der Waals surface area contributed by atoms with E-state index in [0.717, 1.165) is 6.42 Å². The van der Waals surface area contributed by atoms with Crippen LogP contribution in [0.3, 0.4) is 0 Å². The molecule has 1 aliphatic rings. The number of benzene rings is 2. The summed E-state index contributed by atoms with van der Waals surface area (Å²) in [5.74, 6) is -0.125. The van der Waals surface area contributed by atoms with Crippen molar-refractivity contribution >= 4 is 29.2 Å². The molecule has 4 amide bonds. The number of para-hydroxylation sites is 1. The Morgan fingerprint density at radius 2 is 1.81 bits per heavy atom. The highest BCUT2D eigenvalue weighted by Crippen LogP contribution is 2.20. The first-order valence-corrected chi connectivity index (χ1v) is 10.3. The van der Waals surface area contributed by atoms with E-state index < -0.39 is 0 Å². The zero-order valence-corrected chi connectivity index (χ0v) is 17.8. The van der Waals surface area contributed by atoms with E-state index in [9.17, 15) is 14.4 Å². The maximum absolute atomic E-state index is 12.9. The number of likely N-dealkylation sites (tertiary alicyclic amines) is 1. The summed E-state index contributed by atoms with van der Waals surface area (Å²) in [4.78, 5) is 40.9. The minimum absolute atomic E-state index is 0.0667. The number of nitrogens with zero attached hydrogens (tertiary/aromatic N) is 2. The first kappa shape index (κ1) is 22.1. The fraction of sp³-hybridized carbons (Fsp3) is 0.348.